The average molecular weight is 354 g/mol. The van der Waals surface area contributed by atoms with Crippen molar-refractivity contribution in [1.82, 2.24) is 10.2 Å². The molecule has 26 heavy (non-hydrogen) atoms. The molecule has 0 bridgehead atoms. The van der Waals surface area contributed by atoms with Crippen LogP contribution in [0.3, 0.4) is 0 Å². The fraction of sp³-hybridized carbons (Fsp3) is 0.211. The Bertz CT molecular complexity index is 834. The number of hydrogen-bond donors (Lipinski definition) is 2. The second-order valence-electron chi connectivity index (χ2n) is 5.81. The van der Waals surface area contributed by atoms with Gasteiger partial charge < -0.3 is 15.2 Å². The summed E-state index contributed by atoms with van der Waals surface area (Å²) in [6, 6.07) is 12.3. The number of methoxy groups -OCH3 is 1. The van der Waals surface area contributed by atoms with Crippen LogP contribution in [0.25, 0.3) is 11.1 Å². The second kappa shape index (κ2) is 6.87. The van der Waals surface area contributed by atoms with Crippen LogP contribution < -0.4 is 5.32 Å². The van der Waals surface area contributed by atoms with Gasteiger partial charge in [0.2, 0.25) is 6.04 Å². The zero-order valence-electron chi connectivity index (χ0n) is 14.3. The molecule has 1 aliphatic carbocycles. The van der Waals surface area contributed by atoms with E-state index in [2.05, 4.69) is 5.32 Å². The second-order valence-corrected chi connectivity index (χ2v) is 5.81. The summed E-state index contributed by atoms with van der Waals surface area (Å²) in [5, 5.41) is 11.9. The summed E-state index contributed by atoms with van der Waals surface area (Å²) in [5.41, 5.74) is 3.27. The first-order valence-electron chi connectivity index (χ1n) is 8.00. The Hall–Kier alpha value is -3.35. The lowest BCUT2D eigenvalue weighted by Gasteiger charge is -2.33. The first-order chi connectivity index (χ1) is 12.5. The van der Waals surface area contributed by atoms with Crippen molar-refractivity contribution in [1.29, 1.82) is 0 Å². The highest BCUT2D eigenvalue weighted by Crippen LogP contribution is 2.47. The van der Waals surface area contributed by atoms with Crippen LogP contribution in [0.4, 0.5) is 4.79 Å². The number of ether oxygens (including phenoxy) is 1. The van der Waals surface area contributed by atoms with E-state index in [0.29, 0.717) is 0 Å². The molecule has 7 nitrogen and oxygen atoms in total. The number of benzene rings is 2. The van der Waals surface area contributed by atoms with Crippen molar-refractivity contribution in [3.8, 4) is 11.1 Å². The van der Waals surface area contributed by atoms with Gasteiger partial charge in [0, 0.05) is 7.05 Å². The summed E-state index contributed by atoms with van der Waals surface area (Å²) in [5.74, 6) is -2.23. The van der Waals surface area contributed by atoms with E-state index < -0.39 is 30.1 Å². The van der Waals surface area contributed by atoms with E-state index in [4.69, 9.17) is 4.74 Å². The van der Waals surface area contributed by atoms with E-state index in [0.717, 1.165) is 34.3 Å². The Morgan fingerprint density at radius 2 is 1.54 bits per heavy atom. The van der Waals surface area contributed by atoms with Gasteiger partial charge in [-0.15, -0.1) is 0 Å². The molecule has 1 aliphatic rings. The van der Waals surface area contributed by atoms with Crippen molar-refractivity contribution in [2.45, 2.75) is 12.1 Å². The number of amides is 2. The topological polar surface area (TPSA) is 95.9 Å². The third-order valence-electron chi connectivity index (χ3n) is 4.47. The first-order valence-corrected chi connectivity index (χ1v) is 8.00. The Labute approximate surface area is 150 Å². The minimum atomic E-state index is -1.73. The number of hydrogen-bond acceptors (Lipinski definition) is 4. The van der Waals surface area contributed by atoms with Gasteiger partial charge in [0.15, 0.2) is 0 Å². The number of nitrogens with zero attached hydrogens (tertiary/aromatic N) is 1. The molecule has 0 aliphatic heterocycles. The average Bonchev–Trinajstić information content (AvgIpc) is 2.99. The van der Waals surface area contributed by atoms with Crippen molar-refractivity contribution in [3.05, 3.63) is 59.7 Å². The molecule has 0 heterocycles. The maximum absolute atomic E-state index is 12.5. The molecule has 2 aromatic carbocycles. The molecule has 7 heteroatoms. The van der Waals surface area contributed by atoms with Crippen LogP contribution in [0.2, 0.25) is 0 Å². The molecule has 2 N–H and O–H groups in total. The third kappa shape index (κ3) is 2.67. The van der Waals surface area contributed by atoms with Crippen molar-refractivity contribution < 1.29 is 24.2 Å². The van der Waals surface area contributed by atoms with Crippen LogP contribution in [0, 0.1) is 0 Å². The molecule has 2 aromatic rings. The summed E-state index contributed by atoms with van der Waals surface area (Å²) in [4.78, 5) is 37.6. The molecule has 134 valence electrons. The highest BCUT2D eigenvalue weighted by molar-refractivity contribution is 6.03. The van der Waals surface area contributed by atoms with E-state index in [1.54, 1.807) is 0 Å². The highest BCUT2D eigenvalue weighted by atomic mass is 16.5. The molecule has 1 atom stereocenters. The lowest BCUT2D eigenvalue weighted by Crippen LogP contribution is -2.54. The summed E-state index contributed by atoms with van der Waals surface area (Å²) < 4.78 is 4.82. The predicted octanol–water partition coefficient (Wildman–Crippen LogP) is 2.02. The van der Waals surface area contributed by atoms with E-state index in [9.17, 15) is 19.5 Å². The molecular formula is C19H18N2O5. The van der Waals surface area contributed by atoms with Crippen molar-refractivity contribution in [2.75, 3.05) is 14.2 Å². The van der Waals surface area contributed by atoms with Gasteiger partial charge in [-0.05, 0) is 22.3 Å². The predicted molar refractivity (Wildman–Crippen MR) is 93.5 cm³/mol. The number of carboxylic acid groups (broad SMARTS) is 1. The van der Waals surface area contributed by atoms with Crippen molar-refractivity contribution in [2.24, 2.45) is 0 Å². The van der Waals surface area contributed by atoms with Gasteiger partial charge in [0.25, 0.3) is 5.91 Å². The van der Waals surface area contributed by atoms with Gasteiger partial charge in [-0.25, -0.2) is 9.59 Å². The SMILES string of the molecule is CNC(=O)C(C(=O)O)N(C(=O)OC)C1c2ccccc2-c2ccccc21. The number of nitrogens with one attached hydrogen (secondary N) is 1. The molecule has 1 unspecified atom stereocenters. The number of rotatable bonds is 4. The molecule has 3 rings (SSSR count). The number of fused-ring (bicyclic) bond motifs is 3. The fourth-order valence-electron chi connectivity index (χ4n) is 3.39. The summed E-state index contributed by atoms with van der Waals surface area (Å²) in [6.07, 6.45) is -0.891. The molecular weight excluding hydrogens is 336 g/mol. The van der Waals surface area contributed by atoms with Crippen molar-refractivity contribution in [3.63, 3.8) is 0 Å². The van der Waals surface area contributed by atoms with Crippen molar-refractivity contribution >= 4 is 18.0 Å². The van der Waals surface area contributed by atoms with Gasteiger partial charge >= 0.3 is 12.1 Å². The maximum Gasteiger partial charge on any atom is 0.411 e. The van der Waals surface area contributed by atoms with Gasteiger partial charge in [0.05, 0.1) is 13.2 Å². The smallest absolute Gasteiger partial charge is 0.411 e. The first kappa shape index (κ1) is 17.5. The molecule has 0 aromatic heterocycles. The molecule has 0 saturated heterocycles. The number of aliphatic carboxylic acids is 1. The minimum absolute atomic E-state index is 0.742. The van der Waals surface area contributed by atoms with E-state index in [-0.39, 0.29) is 0 Å². The Kier molecular flexibility index (Phi) is 4.62. The van der Waals surface area contributed by atoms with Crippen LogP contribution in [-0.2, 0) is 14.3 Å². The molecule has 0 radical (unpaired) electrons. The number of likely N-dealkylation sites (N-methyl/N-ethyl adjacent to an activating group) is 1. The van der Waals surface area contributed by atoms with Crippen LogP contribution in [0.5, 0.6) is 0 Å². The monoisotopic (exact) mass is 354 g/mol. The lowest BCUT2D eigenvalue weighted by molar-refractivity contribution is -0.148. The Balaban J connectivity index is 2.23. The summed E-state index contributed by atoms with van der Waals surface area (Å²) >= 11 is 0. The largest absolute Gasteiger partial charge is 0.479 e. The zero-order valence-corrected chi connectivity index (χ0v) is 14.3. The standard InChI is InChI=1S/C19H18N2O5/c1-20-17(22)16(18(23)24)21(19(25)26-2)15-13-9-5-3-7-11(13)12-8-4-6-10-14(12)15/h3-10,15-16H,1-2H3,(H,20,22)(H,23,24). The summed E-state index contributed by atoms with van der Waals surface area (Å²) in [7, 11) is 2.48. The number of carbonyl (C=O) groups is 3. The number of carboxylic acids is 1. The molecule has 0 saturated carbocycles. The van der Waals surface area contributed by atoms with Crippen LogP contribution in [0.15, 0.2) is 48.5 Å². The quantitative estimate of drug-likeness (QED) is 0.819. The number of carbonyl (C=O) groups excluding carboxylic acids is 2. The maximum atomic E-state index is 12.5. The summed E-state index contributed by atoms with van der Waals surface area (Å²) in [6.45, 7) is 0. The Morgan fingerprint density at radius 1 is 1.04 bits per heavy atom. The zero-order chi connectivity index (χ0) is 18.8. The van der Waals surface area contributed by atoms with Gasteiger partial charge in [0.1, 0.15) is 0 Å². The Morgan fingerprint density at radius 3 is 1.96 bits per heavy atom. The van der Waals surface area contributed by atoms with E-state index >= 15 is 0 Å². The van der Waals surface area contributed by atoms with Crippen LogP contribution >= 0.6 is 0 Å². The normalized spacial score (nSPS) is 13.3. The van der Waals surface area contributed by atoms with E-state index in [1.165, 1.54) is 7.05 Å². The van der Waals surface area contributed by atoms with Crippen LogP contribution in [-0.4, -0.2) is 48.2 Å². The third-order valence-corrected chi connectivity index (χ3v) is 4.47. The molecule has 2 amide bonds. The highest BCUT2D eigenvalue weighted by Gasteiger charge is 2.45. The fourth-order valence-corrected chi connectivity index (χ4v) is 3.39. The van der Waals surface area contributed by atoms with Gasteiger partial charge in [-0.2, -0.15) is 0 Å². The van der Waals surface area contributed by atoms with Gasteiger partial charge in [-0.3, -0.25) is 9.69 Å². The molecule has 0 spiro atoms. The molecule has 0 fully saturated rings. The van der Waals surface area contributed by atoms with Crippen LogP contribution in [0.1, 0.15) is 17.2 Å². The van der Waals surface area contributed by atoms with E-state index in [1.807, 2.05) is 48.5 Å². The lowest BCUT2D eigenvalue weighted by atomic mass is 10.0. The van der Waals surface area contributed by atoms with Gasteiger partial charge in [-0.1, -0.05) is 48.5 Å². The minimum Gasteiger partial charge on any atom is -0.479 e.